The SMILES string of the molecule is CCNC(=NCC1(OC)CCOCC1)N(C)Cc1ccccc1C.I. The lowest BCUT2D eigenvalue weighted by molar-refractivity contribution is -0.0829. The van der Waals surface area contributed by atoms with Crippen LogP contribution in [-0.4, -0.2) is 56.9 Å². The Labute approximate surface area is 169 Å². The topological polar surface area (TPSA) is 46.1 Å². The van der Waals surface area contributed by atoms with Crippen molar-refractivity contribution in [2.75, 3.05) is 40.5 Å². The van der Waals surface area contributed by atoms with Gasteiger partial charge in [0.25, 0.3) is 0 Å². The minimum atomic E-state index is -0.192. The van der Waals surface area contributed by atoms with Crippen LogP contribution in [-0.2, 0) is 16.0 Å². The number of aryl methyl sites for hydroxylation is 1. The first-order valence-corrected chi connectivity index (χ1v) is 8.77. The number of rotatable bonds is 6. The van der Waals surface area contributed by atoms with E-state index < -0.39 is 0 Å². The summed E-state index contributed by atoms with van der Waals surface area (Å²) < 4.78 is 11.3. The number of ether oxygens (including phenoxy) is 2. The Kier molecular flexibility index (Phi) is 9.74. The number of hydrogen-bond acceptors (Lipinski definition) is 3. The summed E-state index contributed by atoms with van der Waals surface area (Å²) in [5.41, 5.74) is 2.43. The molecule has 1 N–H and O–H groups in total. The zero-order chi connectivity index (χ0) is 17.4. The van der Waals surface area contributed by atoms with Crippen molar-refractivity contribution in [3.8, 4) is 0 Å². The second kappa shape index (κ2) is 11.0. The van der Waals surface area contributed by atoms with E-state index in [-0.39, 0.29) is 29.6 Å². The average Bonchev–Trinajstić information content (AvgIpc) is 2.61. The quantitative estimate of drug-likeness (QED) is 0.402. The van der Waals surface area contributed by atoms with Gasteiger partial charge in [-0.1, -0.05) is 24.3 Å². The van der Waals surface area contributed by atoms with Gasteiger partial charge in [0.2, 0.25) is 0 Å². The van der Waals surface area contributed by atoms with E-state index in [1.54, 1.807) is 7.11 Å². The summed E-state index contributed by atoms with van der Waals surface area (Å²) in [5.74, 6) is 0.920. The molecule has 1 aromatic rings. The van der Waals surface area contributed by atoms with E-state index in [9.17, 15) is 0 Å². The number of guanidine groups is 1. The molecule has 25 heavy (non-hydrogen) atoms. The fourth-order valence-electron chi connectivity index (χ4n) is 2.98. The first-order valence-electron chi connectivity index (χ1n) is 8.77. The molecule has 0 spiro atoms. The van der Waals surface area contributed by atoms with Gasteiger partial charge in [0.1, 0.15) is 0 Å². The number of hydrogen-bond donors (Lipinski definition) is 1. The highest BCUT2D eigenvalue weighted by molar-refractivity contribution is 14.0. The third-order valence-electron chi connectivity index (χ3n) is 4.72. The number of aliphatic imine (C=N–C) groups is 1. The number of nitrogens with one attached hydrogen (secondary N) is 1. The van der Waals surface area contributed by atoms with E-state index in [0.29, 0.717) is 6.54 Å². The maximum Gasteiger partial charge on any atom is 0.194 e. The number of benzene rings is 1. The van der Waals surface area contributed by atoms with E-state index in [2.05, 4.69) is 55.4 Å². The Hall–Kier alpha value is -0.860. The molecule has 5 nitrogen and oxygen atoms in total. The van der Waals surface area contributed by atoms with Crippen molar-refractivity contribution >= 4 is 29.9 Å². The van der Waals surface area contributed by atoms with Gasteiger partial charge in [-0.05, 0) is 25.0 Å². The maximum atomic E-state index is 5.79. The standard InChI is InChI=1S/C19H31N3O2.HI/c1-5-20-18(21-15-19(23-4)10-12-24-13-11-19)22(3)14-17-9-7-6-8-16(17)2;/h6-9H,5,10-15H2,1-4H3,(H,20,21);1H. The molecule has 0 unspecified atom stereocenters. The second-order valence-electron chi connectivity index (χ2n) is 6.45. The molecule has 1 aromatic carbocycles. The molecule has 0 aliphatic carbocycles. The molecular weight excluding hydrogens is 429 g/mol. The van der Waals surface area contributed by atoms with E-state index in [4.69, 9.17) is 14.5 Å². The van der Waals surface area contributed by atoms with Crippen molar-refractivity contribution < 1.29 is 9.47 Å². The fraction of sp³-hybridized carbons (Fsp3) is 0.632. The summed E-state index contributed by atoms with van der Waals surface area (Å²) in [5, 5.41) is 3.39. The Morgan fingerprint density at radius 2 is 2.00 bits per heavy atom. The molecule has 1 aliphatic rings. The molecule has 0 bridgehead atoms. The van der Waals surface area contributed by atoms with Crippen LogP contribution in [0.4, 0.5) is 0 Å². The fourth-order valence-corrected chi connectivity index (χ4v) is 2.98. The van der Waals surface area contributed by atoms with Gasteiger partial charge in [-0.3, -0.25) is 4.99 Å². The van der Waals surface area contributed by atoms with Crippen LogP contribution in [0.15, 0.2) is 29.3 Å². The van der Waals surface area contributed by atoms with Crippen molar-refractivity contribution in [1.29, 1.82) is 0 Å². The highest BCUT2D eigenvalue weighted by atomic mass is 127. The van der Waals surface area contributed by atoms with Gasteiger partial charge in [-0.15, -0.1) is 24.0 Å². The van der Waals surface area contributed by atoms with Crippen LogP contribution in [0.25, 0.3) is 0 Å². The molecule has 142 valence electrons. The second-order valence-corrected chi connectivity index (χ2v) is 6.45. The van der Waals surface area contributed by atoms with Crippen molar-refractivity contribution in [2.24, 2.45) is 4.99 Å². The molecule has 1 saturated heterocycles. The predicted molar refractivity (Wildman–Crippen MR) is 114 cm³/mol. The molecule has 6 heteroatoms. The summed E-state index contributed by atoms with van der Waals surface area (Å²) in [6.07, 6.45) is 1.79. The molecule has 0 amide bonds. The van der Waals surface area contributed by atoms with Crippen molar-refractivity contribution in [2.45, 2.75) is 38.8 Å². The molecule has 2 rings (SSSR count). The Morgan fingerprint density at radius 1 is 1.32 bits per heavy atom. The number of methoxy groups -OCH3 is 1. The summed E-state index contributed by atoms with van der Waals surface area (Å²) >= 11 is 0. The van der Waals surface area contributed by atoms with E-state index in [1.165, 1.54) is 11.1 Å². The van der Waals surface area contributed by atoms with Gasteiger partial charge < -0.3 is 19.7 Å². The highest BCUT2D eigenvalue weighted by Crippen LogP contribution is 2.24. The van der Waals surface area contributed by atoms with Crippen molar-refractivity contribution in [3.63, 3.8) is 0 Å². The van der Waals surface area contributed by atoms with Gasteiger partial charge >= 0.3 is 0 Å². The average molecular weight is 461 g/mol. The van der Waals surface area contributed by atoms with Crippen LogP contribution >= 0.6 is 24.0 Å². The first-order chi connectivity index (χ1) is 11.6. The van der Waals surface area contributed by atoms with Gasteiger partial charge in [-0.2, -0.15) is 0 Å². The van der Waals surface area contributed by atoms with E-state index >= 15 is 0 Å². The van der Waals surface area contributed by atoms with Crippen LogP contribution < -0.4 is 5.32 Å². The van der Waals surface area contributed by atoms with Crippen LogP contribution in [0.1, 0.15) is 30.9 Å². The summed E-state index contributed by atoms with van der Waals surface area (Å²) in [6, 6.07) is 8.48. The number of nitrogens with zero attached hydrogens (tertiary/aromatic N) is 2. The largest absolute Gasteiger partial charge is 0.381 e. The van der Waals surface area contributed by atoms with E-state index in [0.717, 1.165) is 45.1 Å². The Morgan fingerprint density at radius 3 is 2.60 bits per heavy atom. The summed E-state index contributed by atoms with van der Waals surface area (Å²) in [6.45, 7) is 8.08. The van der Waals surface area contributed by atoms with Gasteiger partial charge in [-0.25, -0.2) is 0 Å². The third-order valence-corrected chi connectivity index (χ3v) is 4.72. The van der Waals surface area contributed by atoms with Gasteiger partial charge in [0, 0.05) is 53.3 Å². The molecule has 0 saturated carbocycles. The smallest absolute Gasteiger partial charge is 0.194 e. The molecule has 0 atom stereocenters. The first kappa shape index (κ1) is 22.2. The molecule has 1 fully saturated rings. The summed E-state index contributed by atoms with van der Waals surface area (Å²) in [7, 11) is 3.86. The third kappa shape index (κ3) is 6.42. The van der Waals surface area contributed by atoms with E-state index in [1.807, 2.05) is 0 Å². The monoisotopic (exact) mass is 461 g/mol. The van der Waals surface area contributed by atoms with Crippen LogP contribution in [0, 0.1) is 6.92 Å². The van der Waals surface area contributed by atoms with Crippen molar-refractivity contribution in [1.82, 2.24) is 10.2 Å². The number of halogens is 1. The predicted octanol–water partition coefficient (Wildman–Crippen LogP) is 3.21. The Bertz CT molecular complexity index is 545. The lowest BCUT2D eigenvalue weighted by Gasteiger charge is -2.35. The molecule has 1 heterocycles. The molecular formula is C19H32IN3O2. The Balaban J connectivity index is 0.00000312. The van der Waals surface area contributed by atoms with Gasteiger partial charge in [0.05, 0.1) is 12.1 Å². The van der Waals surface area contributed by atoms with Crippen LogP contribution in [0.5, 0.6) is 0 Å². The van der Waals surface area contributed by atoms with Gasteiger partial charge in [0.15, 0.2) is 5.96 Å². The lowest BCUT2D eigenvalue weighted by Crippen LogP contribution is -2.44. The molecule has 0 aromatic heterocycles. The minimum Gasteiger partial charge on any atom is -0.381 e. The highest BCUT2D eigenvalue weighted by Gasteiger charge is 2.32. The van der Waals surface area contributed by atoms with Crippen LogP contribution in [0.3, 0.4) is 0 Å². The molecule has 1 aliphatic heterocycles. The molecule has 0 radical (unpaired) electrons. The van der Waals surface area contributed by atoms with Crippen LogP contribution in [0.2, 0.25) is 0 Å². The minimum absolute atomic E-state index is 0. The zero-order valence-electron chi connectivity index (χ0n) is 15.9. The normalized spacial score (nSPS) is 16.9. The van der Waals surface area contributed by atoms with Crippen molar-refractivity contribution in [3.05, 3.63) is 35.4 Å². The zero-order valence-corrected chi connectivity index (χ0v) is 18.2. The maximum absolute atomic E-state index is 5.79. The summed E-state index contributed by atoms with van der Waals surface area (Å²) in [4.78, 5) is 7.03. The lowest BCUT2D eigenvalue weighted by atomic mass is 9.94.